The van der Waals surface area contributed by atoms with Gasteiger partial charge in [0.05, 0.1) is 6.61 Å². The van der Waals surface area contributed by atoms with Crippen LogP contribution in [-0.2, 0) is 4.79 Å². The fourth-order valence-electron chi connectivity index (χ4n) is 1.87. The summed E-state index contributed by atoms with van der Waals surface area (Å²) >= 11 is 0. The van der Waals surface area contributed by atoms with Crippen LogP contribution in [0.15, 0.2) is 18.3 Å². The number of rotatable bonds is 8. The summed E-state index contributed by atoms with van der Waals surface area (Å²) in [5.41, 5.74) is 6.33. The summed E-state index contributed by atoms with van der Waals surface area (Å²) in [6, 6.07) is 3.76. The second-order valence-corrected chi connectivity index (χ2v) is 5.09. The fraction of sp³-hybridized carbons (Fsp3) is 0.600. The molecule has 5 nitrogen and oxygen atoms in total. The molecule has 0 bridgehead atoms. The number of nitrogens with one attached hydrogen (secondary N) is 1. The molecule has 1 aromatic rings. The molecule has 1 amide bonds. The number of hydrogen-bond donors (Lipinski definition) is 2. The minimum Gasteiger partial charge on any atom is -0.476 e. The van der Waals surface area contributed by atoms with E-state index < -0.39 is 0 Å². The van der Waals surface area contributed by atoms with Crippen molar-refractivity contribution in [2.24, 2.45) is 11.7 Å². The van der Waals surface area contributed by atoms with Crippen LogP contribution in [-0.4, -0.2) is 23.5 Å². The van der Waals surface area contributed by atoms with Gasteiger partial charge in [0.15, 0.2) is 0 Å². The van der Waals surface area contributed by atoms with Crippen molar-refractivity contribution in [3.63, 3.8) is 0 Å². The summed E-state index contributed by atoms with van der Waals surface area (Å²) < 4.78 is 5.39. The Labute approximate surface area is 120 Å². The highest BCUT2D eigenvalue weighted by Gasteiger charge is 2.15. The molecule has 0 aliphatic carbocycles. The number of nitrogens with two attached hydrogens (primary N) is 1. The van der Waals surface area contributed by atoms with Crippen LogP contribution in [0.3, 0.4) is 0 Å². The molecule has 5 heteroatoms. The van der Waals surface area contributed by atoms with Crippen LogP contribution < -0.4 is 15.8 Å². The zero-order chi connectivity index (χ0) is 15.0. The predicted molar refractivity (Wildman–Crippen MR) is 80.7 cm³/mol. The first-order valence-corrected chi connectivity index (χ1v) is 7.18. The number of hydrogen-bond acceptors (Lipinski definition) is 4. The molecule has 1 aromatic heterocycles. The second kappa shape index (κ2) is 8.53. The van der Waals surface area contributed by atoms with E-state index in [1.165, 1.54) is 0 Å². The molecule has 0 aromatic carbocycles. The van der Waals surface area contributed by atoms with Crippen molar-refractivity contribution in [2.45, 2.75) is 46.1 Å². The number of aromatic nitrogens is 1. The van der Waals surface area contributed by atoms with Crippen LogP contribution >= 0.6 is 0 Å². The Morgan fingerprint density at radius 3 is 2.85 bits per heavy atom. The highest BCUT2D eigenvalue weighted by molar-refractivity contribution is 5.93. The van der Waals surface area contributed by atoms with E-state index in [0.29, 0.717) is 18.2 Å². The normalized spacial score (nSPS) is 13.6. The molecule has 0 fully saturated rings. The number of carbonyl (C=O) groups is 1. The Kier molecular flexibility index (Phi) is 7.01. The van der Waals surface area contributed by atoms with Gasteiger partial charge in [-0.3, -0.25) is 4.79 Å². The summed E-state index contributed by atoms with van der Waals surface area (Å²) in [7, 11) is 0. The van der Waals surface area contributed by atoms with Crippen molar-refractivity contribution in [3.05, 3.63) is 18.3 Å². The van der Waals surface area contributed by atoms with Gasteiger partial charge in [0, 0.05) is 18.2 Å². The quantitative estimate of drug-likeness (QED) is 0.766. The highest BCUT2D eigenvalue weighted by Crippen LogP contribution is 2.22. The number of ether oxygens (including phenoxy) is 1. The Hall–Kier alpha value is -1.62. The van der Waals surface area contributed by atoms with E-state index in [9.17, 15) is 4.79 Å². The SMILES string of the molecule is CCOc1ncccc1NC(=O)C(C)CCCC(C)N. The minimum atomic E-state index is -0.0524. The van der Waals surface area contributed by atoms with Gasteiger partial charge in [-0.15, -0.1) is 0 Å². The Morgan fingerprint density at radius 2 is 2.20 bits per heavy atom. The molecule has 1 heterocycles. The lowest BCUT2D eigenvalue weighted by Gasteiger charge is -2.14. The topological polar surface area (TPSA) is 77.2 Å². The van der Waals surface area contributed by atoms with Crippen molar-refractivity contribution in [1.82, 2.24) is 4.98 Å². The van der Waals surface area contributed by atoms with Crippen LogP contribution in [0.1, 0.15) is 40.0 Å². The molecule has 2 atom stereocenters. The van der Waals surface area contributed by atoms with E-state index in [1.807, 2.05) is 20.8 Å². The number of carbonyl (C=O) groups excluding carboxylic acids is 1. The van der Waals surface area contributed by atoms with Gasteiger partial charge in [0.2, 0.25) is 11.8 Å². The average Bonchev–Trinajstić information content (AvgIpc) is 2.40. The highest BCUT2D eigenvalue weighted by atomic mass is 16.5. The van der Waals surface area contributed by atoms with Gasteiger partial charge in [-0.05, 0) is 38.8 Å². The van der Waals surface area contributed by atoms with Crippen LogP contribution in [0.25, 0.3) is 0 Å². The monoisotopic (exact) mass is 279 g/mol. The fourth-order valence-corrected chi connectivity index (χ4v) is 1.87. The molecule has 0 spiro atoms. The Bertz CT molecular complexity index is 421. The standard InChI is InChI=1S/C15H25N3O2/c1-4-20-15-13(9-6-10-17-15)18-14(19)11(2)7-5-8-12(3)16/h6,9-12H,4-5,7-8,16H2,1-3H3,(H,18,19). The maximum atomic E-state index is 12.1. The Morgan fingerprint density at radius 1 is 1.45 bits per heavy atom. The molecule has 20 heavy (non-hydrogen) atoms. The van der Waals surface area contributed by atoms with Crippen LogP contribution in [0.2, 0.25) is 0 Å². The predicted octanol–water partition coefficient (Wildman–Crippen LogP) is 2.57. The third kappa shape index (κ3) is 5.57. The second-order valence-electron chi connectivity index (χ2n) is 5.09. The van der Waals surface area contributed by atoms with E-state index in [4.69, 9.17) is 10.5 Å². The van der Waals surface area contributed by atoms with Gasteiger partial charge in [-0.2, -0.15) is 0 Å². The van der Waals surface area contributed by atoms with Gasteiger partial charge in [0.25, 0.3) is 0 Å². The lowest BCUT2D eigenvalue weighted by atomic mass is 10.0. The smallest absolute Gasteiger partial charge is 0.237 e. The zero-order valence-corrected chi connectivity index (χ0v) is 12.6. The van der Waals surface area contributed by atoms with Crippen LogP contribution in [0.4, 0.5) is 5.69 Å². The van der Waals surface area contributed by atoms with E-state index in [1.54, 1.807) is 18.3 Å². The molecule has 0 aliphatic rings. The largest absolute Gasteiger partial charge is 0.476 e. The summed E-state index contributed by atoms with van der Waals surface area (Å²) in [4.78, 5) is 16.2. The molecule has 0 aliphatic heterocycles. The number of nitrogens with zero attached hydrogens (tertiary/aromatic N) is 1. The van der Waals surface area contributed by atoms with Crippen LogP contribution in [0, 0.1) is 5.92 Å². The van der Waals surface area contributed by atoms with Crippen molar-refractivity contribution in [3.8, 4) is 5.88 Å². The summed E-state index contributed by atoms with van der Waals surface area (Å²) in [5.74, 6) is 0.401. The van der Waals surface area contributed by atoms with Crippen molar-refractivity contribution in [1.29, 1.82) is 0 Å². The van der Waals surface area contributed by atoms with Gasteiger partial charge < -0.3 is 15.8 Å². The van der Waals surface area contributed by atoms with Gasteiger partial charge in [-0.25, -0.2) is 4.98 Å². The lowest BCUT2D eigenvalue weighted by Crippen LogP contribution is -2.22. The lowest BCUT2D eigenvalue weighted by molar-refractivity contribution is -0.119. The van der Waals surface area contributed by atoms with Gasteiger partial charge >= 0.3 is 0 Å². The molecule has 0 saturated heterocycles. The maximum Gasteiger partial charge on any atom is 0.237 e. The Balaban J connectivity index is 2.52. The average molecular weight is 279 g/mol. The first kappa shape index (κ1) is 16.4. The molecule has 0 saturated carbocycles. The summed E-state index contributed by atoms with van der Waals surface area (Å²) in [6.07, 6.45) is 4.37. The van der Waals surface area contributed by atoms with Gasteiger partial charge in [0.1, 0.15) is 5.69 Å². The molecule has 1 rings (SSSR count). The molecular weight excluding hydrogens is 254 g/mol. The zero-order valence-electron chi connectivity index (χ0n) is 12.6. The third-order valence-electron chi connectivity index (χ3n) is 3.05. The molecular formula is C15H25N3O2. The molecule has 2 unspecified atom stereocenters. The van der Waals surface area contributed by atoms with E-state index >= 15 is 0 Å². The number of anilines is 1. The van der Waals surface area contributed by atoms with E-state index in [2.05, 4.69) is 10.3 Å². The molecule has 0 radical (unpaired) electrons. The number of pyridine rings is 1. The molecule has 112 valence electrons. The molecule has 3 N–H and O–H groups in total. The van der Waals surface area contributed by atoms with E-state index in [-0.39, 0.29) is 17.9 Å². The van der Waals surface area contributed by atoms with Crippen molar-refractivity contribution in [2.75, 3.05) is 11.9 Å². The van der Waals surface area contributed by atoms with Crippen molar-refractivity contribution < 1.29 is 9.53 Å². The van der Waals surface area contributed by atoms with Gasteiger partial charge in [-0.1, -0.05) is 13.3 Å². The van der Waals surface area contributed by atoms with Crippen LogP contribution in [0.5, 0.6) is 5.88 Å². The maximum absolute atomic E-state index is 12.1. The first-order valence-electron chi connectivity index (χ1n) is 7.18. The number of amides is 1. The summed E-state index contributed by atoms with van der Waals surface area (Å²) in [6.45, 7) is 6.31. The first-order chi connectivity index (χ1) is 9.54. The minimum absolute atomic E-state index is 0.0105. The summed E-state index contributed by atoms with van der Waals surface area (Å²) in [5, 5.41) is 2.88. The van der Waals surface area contributed by atoms with E-state index in [0.717, 1.165) is 19.3 Å². The van der Waals surface area contributed by atoms with Crippen molar-refractivity contribution >= 4 is 11.6 Å². The third-order valence-corrected chi connectivity index (χ3v) is 3.05.